The highest BCUT2D eigenvalue weighted by atomic mass is 32.2. The first-order chi connectivity index (χ1) is 17.8. The number of piperazine rings is 1. The highest BCUT2D eigenvalue weighted by Gasteiger charge is 2.24. The van der Waals surface area contributed by atoms with Crippen molar-refractivity contribution in [3.63, 3.8) is 0 Å². The topological polar surface area (TPSA) is 106 Å². The normalized spacial score (nSPS) is 18.5. The van der Waals surface area contributed by atoms with Crippen LogP contribution in [0.4, 0.5) is 5.69 Å². The van der Waals surface area contributed by atoms with E-state index in [1.165, 1.54) is 11.8 Å². The summed E-state index contributed by atoms with van der Waals surface area (Å²) in [5.41, 5.74) is 5.61. The van der Waals surface area contributed by atoms with Crippen molar-refractivity contribution in [1.29, 1.82) is 0 Å². The van der Waals surface area contributed by atoms with E-state index in [4.69, 9.17) is 10.1 Å². The first-order valence-corrected chi connectivity index (χ1v) is 13.8. The Morgan fingerprint density at radius 2 is 1.57 bits per heavy atom. The van der Waals surface area contributed by atoms with E-state index in [2.05, 4.69) is 53.4 Å². The SMILES string of the molecule is CC1CNCC(C)N1c1ccc(-c2cnc3c(-c4cccc5c(S(N)(=O)=O)cccc45)cnn3c2)cc1. The summed E-state index contributed by atoms with van der Waals surface area (Å²) in [6.07, 6.45) is 5.59. The van der Waals surface area contributed by atoms with Crippen LogP contribution in [-0.2, 0) is 10.0 Å². The summed E-state index contributed by atoms with van der Waals surface area (Å²) in [7, 11) is -3.85. The van der Waals surface area contributed by atoms with Crippen LogP contribution in [0.2, 0.25) is 0 Å². The van der Waals surface area contributed by atoms with Crippen LogP contribution in [0.5, 0.6) is 0 Å². The highest BCUT2D eigenvalue weighted by Crippen LogP contribution is 2.34. The van der Waals surface area contributed by atoms with E-state index in [-0.39, 0.29) is 4.90 Å². The third-order valence-corrected chi connectivity index (χ3v) is 8.13. The molecule has 3 aromatic carbocycles. The van der Waals surface area contributed by atoms with E-state index < -0.39 is 10.0 Å². The van der Waals surface area contributed by atoms with Crippen LogP contribution in [0.1, 0.15) is 13.8 Å². The number of nitrogens with zero attached hydrogens (tertiary/aromatic N) is 4. The average molecular weight is 513 g/mol. The number of anilines is 1. The van der Waals surface area contributed by atoms with E-state index in [9.17, 15) is 8.42 Å². The predicted molar refractivity (Wildman–Crippen MR) is 147 cm³/mol. The van der Waals surface area contributed by atoms with Crippen LogP contribution < -0.4 is 15.4 Å². The second-order valence-corrected chi connectivity index (χ2v) is 11.2. The van der Waals surface area contributed by atoms with Gasteiger partial charge in [-0.1, -0.05) is 42.5 Å². The second-order valence-electron chi connectivity index (χ2n) is 9.68. The molecule has 1 fully saturated rings. The Bertz CT molecular complexity index is 1720. The van der Waals surface area contributed by atoms with E-state index in [1.807, 2.05) is 30.6 Å². The minimum atomic E-state index is -3.85. The van der Waals surface area contributed by atoms with Gasteiger partial charge in [0.15, 0.2) is 5.65 Å². The molecule has 0 spiro atoms. The number of fused-ring (bicyclic) bond motifs is 2. The van der Waals surface area contributed by atoms with E-state index in [0.29, 0.717) is 23.1 Å². The largest absolute Gasteiger partial charge is 0.364 e. The molecule has 1 aliphatic heterocycles. The van der Waals surface area contributed by atoms with Gasteiger partial charge in [0.05, 0.1) is 11.1 Å². The third-order valence-electron chi connectivity index (χ3n) is 7.16. The highest BCUT2D eigenvalue weighted by molar-refractivity contribution is 7.89. The number of nitrogens with one attached hydrogen (secondary N) is 1. The maximum absolute atomic E-state index is 12.1. The molecule has 3 N–H and O–H groups in total. The van der Waals surface area contributed by atoms with E-state index in [0.717, 1.165) is 40.7 Å². The number of nitrogens with two attached hydrogens (primary N) is 1. The van der Waals surface area contributed by atoms with Gasteiger partial charge in [-0.05, 0) is 48.6 Å². The number of primary sulfonamides is 1. The van der Waals surface area contributed by atoms with Crippen molar-refractivity contribution in [2.75, 3.05) is 18.0 Å². The summed E-state index contributed by atoms with van der Waals surface area (Å²) in [4.78, 5) is 7.32. The lowest BCUT2D eigenvalue weighted by Gasteiger charge is -2.41. The lowest BCUT2D eigenvalue weighted by molar-refractivity contribution is 0.432. The molecule has 3 heterocycles. The van der Waals surface area contributed by atoms with Crippen LogP contribution in [0.3, 0.4) is 0 Å². The van der Waals surface area contributed by atoms with Crippen LogP contribution >= 0.6 is 0 Å². The van der Waals surface area contributed by atoms with Crippen molar-refractivity contribution < 1.29 is 8.42 Å². The Morgan fingerprint density at radius 1 is 0.865 bits per heavy atom. The molecule has 0 amide bonds. The zero-order valence-electron chi connectivity index (χ0n) is 20.7. The lowest BCUT2D eigenvalue weighted by Crippen LogP contribution is -2.55. The van der Waals surface area contributed by atoms with Gasteiger partial charge in [0.1, 0.15) is 0 Å². The number of hydrogen-bond acceptors (Lipinski definition) is 6. The Kier molecular flexibility index (Phi) is 5.71. The standard InChI is InChI=1S/C28H28N6O2S/c1-18-13-30-14-19(2)34(18)22-11-9-20(10-12-22)21-15-31-28-26(16-32-33(28)17-21)24-5-3-7-25-23(24)6-4-8-27(25)37(29,35)36/h3-12,15-19,30H,13-14H2,1-2H3,(H2,29,35,36). The molecule has 1 aliphatic rings. The summed E-state index contributed by atoms with van der Waals surface area (Å²) >= 11 is 0. The lowest BCUT2D eigenvalue weighted by atomic mass is 10.00. The van der Waals surface area contributed by atoms with Gasteiger partial charge < -0.3 is 10.2 Å². The van der Waals surface area contributed by atoms with Crippen LogP contribution in [0.15, 0.2) is 84.1 Å². The van der Waals surface area contributed by atoms with Crippen molar-refractivity contribution in [3.8, 4) is 22.3 Å². The molecular weight excluding hydrogens is 484 g/mol. The fourth-order valence-electron chi connectivity index (χ4n) is 5.45. The van der Waals surface area contributed by atoms with Gasteiger partial charge in [-0.3, -0.25) is 0 Å². The van der Waals surface area contributed by atoms with Crippen LogP contribution in [0.25, 0.3) is 38.7 Å². The summed E-state index contributed by atoms with van der Waals surface area (Å²) in [5.74, 6) is 0. The molecule has 0 saturated carbocycles. The van der Waals surface area contributed by atoms with Gasteiger partial charge in [0.25, 0.3) is 0 Å². The Balaban J connectivity index is 1.37. The van der Waals surface area contributed by atoms with Gasteiger partial charge >= 0.3 is 0 Å². The third kappa shape index (κ3) is 4.15. The minimum Gasteiger partial charge on any atom is -0.364 e. The Hall–Kier alpha value is -3.79. The Morgan fingerprint density at radius 3 is 2.30 bits per heavy atom. The molecule has 2 unspecified atom stereocenters. The van der Waals surface area contributed by atoms with Crippen molar-refractivity contribution in [2.24, 2.45) is 5.14 Å². The molecule has 1 saturated heterocycles. The number of rotatable bonds is 4. The summed E-state index contributed by atoms with van der Waals surface area (Å²) in [6.45, 7) is 6.45. The summed E-state index contributed by atoms with van der Waals surface area (Å²) < 4.78 is 26.0. The molecule has 37 heavy (non-hydrogen) atoms. The van der Waals surface area contributed by atoms with Gasteiger partial charge in [-0.2, -0.15) is 5.10 Å². The minimum absolute atomic E-state index is 0.103. The average Bonchev–Trinajstić information content (AvgIpc) is 3.31. The molecule has 188 valence electrons. The van der Waals surface area contributed by atoms with Crippen LogP contribution in [-0.4, -0.2) is 48.2 Å². The number of sulfonamides is 1. The van der Waals surface area contributed by atoms with Gasteiger partial charge in [-0.25, -0.2) is 23.1 Å². The zero-order chi connectivity index (χ0) is 25.7. The zero-order valence-corrected chi connectivity index (χ0v) is 21.5. The summed E-state index contributed by atoms with van der Waals surface area (Å²) in [5, 5.41) is 14.9. The maximum Gasteiger partial charge on any atom is 0.238 e. The first kappa shape index (κ1) is 23.6. The quantitative estimate of drug-likeness (QED) is 0.376. The molecule has 0 aliphatic carbocycles. The smallest absolute Gasteiger partial charge is 0.238 e. The molecular formula is C28H28N6O2S. The second kappa shape index (κ2) is 8.95. The van der Waals surface area contributed by atoms with Crippen molar-refractivity contribution >= 4 is 32.1 Å². The Labute approximate surface area is 215 Å². The molecule has 6 rings (SSSR count). The first-order valence-electron chi connectivity index (χ1n) is 12.3. The van der Waals surface area contributed by atoms with Crippen molar-refractivity contribution in [3.05, 3.63) is 79.3 Å². The van der Waals surface area contributed by atoms with Crippen molar-refractivity contribution in [2.45, 2.75) is 30.8 Å². The fourth-order valence-corrected chi connectivity index (χ4v) is 6.20. The van der Waals surface area contributed by atoms with Crippen molar-refractivity contribution in [1.82, 2.24) is 19.9 Å². The number of hydrogen-bond donors (Lipinski definition) is 2. The molecule has 9 heteroatoms. The molecule has 2 atom stereocenters. The molecule has 0 radical (unpaired) electrons. The number of benzene rings is 3. The van der Waals surface area contributed by atoms with E-state index in [1.54, 1.807) is 22.8 Å². The van der Waals surface area contributed by atoms with E-state index >= 15 is 0 Å². The van der Waals surface area contributed by atoms with Gasteiger partial charge in [0, 0.05) is 59.8 Å². The molecule has 0 bridgehead atoms. The summed E-state index contributed by atoms with van der Waals surface area (Å²) in [6, 6.07) is 20.1. The fraction of sp³-hybridized carbons (Fsp3) is 0.214. The van der Waals surface area contributed by atoms with Gasteiger partial charge in [0.2, 0.25) is 10.0 Å². The predicted octanol–water partition coefficient (Wildman–Crippen LogP) is 4.05. The molecule has 5 aromatic rings. The molecule has 2 aromatic heterocycles. The van der Waals surface area contributed by atoms with Crippen LogP contribution in [0, 0.1) is 0 Å². The maximum atomic E-state index is 12.1. The van der Waals surface area contributed by atoms with Gasteiger partial charge in [-0.15, -0.1) is 0 Å². The monoisotopic (exact) mass is 512 g/mol. The molecule has 8 nitrogen and oxygen atoms in total. The number of aromatic nitrogens is 3.